The van der Waals surface area contributed by atoms with Crippen molar-refractivity contribution in [2.75, 3.05) is 31.7 Å². The molecule has 4 heteroatoms. The van der Waals surface area contributed by atoms with Crippen molar-refractivity contribution in [3.05, 3.63) is 29.6 Å². The number of hydrogen-bond acceptors (Lipinski definition) is 3. The van der Waals surface area contributed by atoms with Gasteiger partial charge in [0.15, 0.2) is 0 Å². The highest BCUT2D eigenvalue weighted by molar-refractivity contribution is 5.55. The number of rotatable bonds is 9. The van der Waals surface area contributed by atoms with Gasteiger partial charge in [-0.2, -0.15) is 0 Å². The van der Waals surface area contributed by atoms with E-state index in [1.807, 2.05) is 13.0 Å². The van der Waals surface area contributed by atoms with Gasteiger partial charge in [-0.1, -0.05) is 13.0 Å². The molecule has 1 atom stereocenters. The Morgan fingerprint density at radius 2 is 2.19 bits per heavy atom. The molecule has 1 fully saturated rings. The Bertz CT molecular complexity index is 448. The molecule has 1 saturated carbocycles. The average molecular weight is 294 g/mol. The van der Waals surface area contributed by atoms with Crippen LogP contribution in [0.25, 0.3) is 0 Å². The standard InChI is InChI=1S/C17H27FN2O/c1-4-19-12-15-16(18)6-5-7-17(15)20(10-11-21-3)13(2)14-8-9-14/h5-7,13-14,19H,4,8-12H2,1-3H3. The summed E-state index contributed by atoms with van der Waals surface area (Å²) in [5.41, 5.74) is 1.77. The molecule has 0 bridgehead atoms. The van der Waals surface area contributed by atoms with Gasteiger partial charge in [-0.05, 0) is 44.4 Å². The number of benzene rings is 1. The van der Waals surface area contributed by atoms with Gasteiger partial charge in [0.05, 0.1) is 6.61 Å². The smallest absolute Gasteiger partial charge is 0.129 e. The lowest BCUT2D eigenvalue weighted by Gasteiger charge is -2.33. The van der Waals surface area contributed by atoms with Crippen molar-refractivity contribution >= 4 is 5.69 Å². The number of methoxy groups -OCH3 is 1. The fraction of sp³-hybridized carbons (Fsp3) is 0.647. The van der Waals surface area contributed by atoms with Gasteiger partial charge in [0.2, 0.25) is 0 Å². The highest BCUT2D eigenvalue weighted by Gasteiger charge is 2.33. The summed E-state index contributed by atoms with van der Waals surface area (Å²) in [6.45, 7) is 7.15. The van der Waals surface area contributed by atoms with Crippen molar-refractivity contribution < 1.29 is 9.13 Å². The van der Waals surface area contributed by atoms with E-state index in [9.17, 15) is 4.39 Å². The molecule has 0 radical (unpaired) electrons. The molecule has 1 N–H and O–H groups in total. The number of anilines is 1. The fourth-order valence-corrected chi connectivity index (χ4v) is 2.81. The van der Waals surface area contributed by atoms with Crippen LogP contribution in [0.15, 0.2) is 18.2 Å². The van der Waals surface area contributed by atoms with Crippen molar-refractivity contribution in [3.8, 4) is 0 Å². The number of halogens is 1. The van der Waals surface area contributed by atoms with Crippen molar-refractivity contribution in [1.29, 1.82) is 0 Å². The molecule has 2 rings (SSSR count). The Labute approximate surface area is 127 Å². The zero-order chi connectivity index (χ0) is 15.2. The second kappa shape index (κ2) is 7.76. The Kier molecular flexibility index (Phi) is 6.00. The van der Waals surface area contributed by atoms with Crippen LogP contribution in [0.1, 0.15) is 32.3 Å². The van der Waals surface area contributed by atoms with E-state index in [4.69, 9.17) is 4.74 Å². The van der Waals surface area contributed by atoms with Crippen LogP contribution < -0.4 is 10.2 Å². The van der Waals surface area contributed by atoms with Crippen LogP contribution in [0.4, 0.5) is 10.1 Å². The quantitative estimate of drug-likeness (QED) is 0.757. The first kappa shape index (κ1) is 16.2. The van der Waals surface area contributed by atoms with Crippen molar-refractivity contribution in [2.45, 2.75) is 39.3 Å². The fourth-order valence-electron chi connectivity index (χ4n) is 2.81. The maximum absolute atomic E-state index is 14.2. The molecular weight excluding hydrogens is 267 g/mol. The van der Waals surface area contributed by atoms with E-state index in [0.29, 0.717) is 19.2 Å². The summed E-state index contributed by atoms with van der Waals surface area (Å²) in [5.74, 6) is 0.607. The number of nitrogens with zero attached hydrogens (tertiary/aromatic N) is 1. The van der Waals surface area contributed by atoms with E-state index in [-0.39, 0.29) is 5.82 Å². The minimum absolute atomic E-state index is 0.126. The van der Waals surface area contributed by atoms with Gasteiger partial charge in [0.25, 0.3) is 0 Å². The van der Waals surface area contributed by atoms with Crippen LogP contribution in [0.5, 0.6) is 0 Å². The first-order chi connectivity index (χ1) is 10.2. The van der Waals surface area contributed by atoms with E-state index in [2.05, 4.69) is 17.1 Å². The van der Waals surface area contributed by atoms with Gasteiger partial charge in [-0.25, -0.2) is 4.39 Å². The zero-order valence-electron chi connectivity index (χ0n) is 13.4. The van der Waals surface area contributed by atoms with Crippen molar-refractivity contribution in [1.82, 2.24) is 5.32 Å². The molecule has 0 aliphatic heterocycles. The Morgan fingerprint density at radius 3 is 2.81 bits per heavy atom. The molecule has 3 nitrogen and oxygen atoms in total. The summed E-state index contributed by atoms with van der Waals surface area (Å²) in [4.78, 5) is 2.32. The zero-order valence-corrected chi connectivity index (χ0v) is 13.4. The molecule has 1 aliphatic carbocycles. The topological polar surface area (TPSA) is 24.5 Å². The van der Waals surface area contributed by atoms with Gasteiger partial charge in [-0.3, -0.25) is 0 Å². The third-order valence-electron chi connectivity index (χ3n) is 4.29. The molecular formula is C17H27FN2O. The lowest BCUT2D eigenvalue weighted by molar-refractivity contribution is 0.202. The summed E-state index contributed by atoms with van der Waals surface area (Å²) < 4.78 is 19.5. The van der Waals surface area contributed by atoms with Crippen LogP contribution in [0.2, 0.25) is 0 Å². The third kappa shape index (κ3) is 4.17. The molecule has 1 aliphatic rings. The van der Waals surface area contributed by atoms with E-state index in [0.717, 1.165) is 30.3 Å². The molecule has 0 spiro atoms. The van der Waals surface area contributed by atoms with Gasteiger partial charge < -0.3 is 15.0 Å². The lowest BCUT2D eigenvalue weighted by Crippen LogP contribution is -2.38. The Morgan fingerprint density at radius 1 is 1.43 bits per heavy atom. The summed E-state index contributed by atoms with van der Waals surface area (Å²) in [5, 5.41) is 3.24. The van der Waals surface area contributed by atoms with Crippen LogP contribution in [-0.2, 0) is 11.3 Å². The molecule has 0 aromatic heterocycles. The van der Waals surface area contributed by atoms with Crippen molar-refractivity contribution in [3.63, 3.8) is 0 Å². The summed E-state index contributed by atoms with van der Waals surface area (Å²) in [6.07, 6.45) is 2.56. The third-order valence-corrected chi connectivity index (χ3v) is 4.29. The highest BCUT2D eigenvalue weighted by Crippen LogP contribution is 2.38. The van der Waals surface area contributed by atoms with E-state index < -0.39 is 0 Å². The maximum atomic E-state index is 14.2. The molecule has 0 amide bonds. The maximum Gasteiger partial charge on any atom is 0.129 e. The van der Waals surface area contributed by atoms with E-state index in [1.54, 1.807) is 19.2 Å². The predicted molar refractivity (Wildman–Crippen MR) is 85.2 cm³/mol. The van der Waals surface area contributed by atoms with Crippen molar-refractivity contribution in [2.24, 2.45) is 5.92 Å². The monoisotopic (exact) mass is 294 g/mol. The second-order valence-electron chi connectivity index (χ2n) is 5.78. The molecule has 0 saturated heterocycles. The van der Waals surface area contributed by atoms with Crippen LogP contribution in [0, 0.1) is 11.7 Å². The van der Waals surface area contributed by atoms with Gasteiger partial charge >= 0.3 is 0 Å². The first-order valence-electron chi connectivity index (χ1n) is 7.92. The van der Waals surface area contributed by atoms with E-state index >= 15 is 0 Å². The summed E-state index contributed by atoms with van der Waals surface area (Å²) >= 11 is 0. The predicted octanol–water partition coefficient (Wildman–Crippen LogP) is 3.19. The number of nitrogens with one attached hydrogen (secondary N) is 1. The van der Waals surface area contributed by atoms with E-state index in [1.165, 1.54) is 12.8 Å². The largest absolute Gasteiger partial charge is 0.383 e. The van der Waals surface area contributed by atoms with Gasteiger partial charge in [0, 0.05) is 37.5 Å². The minimum atomic E-state index is -0.126. The van der Waals surface area contributed by atoms with Gasteiger partial charge in [-0.15, -0.1) is 0 Å². The molecule has 21 heavy (non-hydrogen) atoms. The second-order valence-corrected chi connectivity index (χ2v) is 5.78. The molecule has 118 valence electrons. The molecule has 1 aromatic rings. The Balaban J connectivity index is 2.26. The normalized spacial score (nSPS) is 16.0. The molecule has 1 aromatic carbocycles. The highest BCUT2D eigenvalue weighted by atomic mass is 19.1. The molecule has 0 heterocycles. The number of hydrogen-bond donors (Lipinski definition) is 1. The average Bonchev–Trinajstić information content (AvgIpc) is 3.31. The van der Waals surface area contributed by atoms with Gasteiger partial charge in [0.1, 0.15) is 5.82 Å². The van der Waals surface area contributed by atoms with Crippen LogP contribution >= 0.6 is 0 Å². The minimum Gasteiger partial charge on any atom is -0.383 e. The summed E-state index contributed by atoms with van der Waals surface area (Å²) in [6, 6.07) is 5.82. The van der Waals surface area contributed by atoms with Crippen LogP contribution in [-0.4, -0.2) is 32.8 Å². The SMILES string of the molecule is CCNCc1c(F)cccc1N(CCOC)C(C)C1CC1. The summed E-state index contributed by atoms with van der Waals surface area (Å²) in [7, 11) is 1.71. The molecule has 1 unspecified atom stereocenters. The first-order valence-corrected chi connectivity index (χ1v) is 7.92. The van der Waals surface area contributed by atoms with Crippen LogP contribution in [0.3, 0.4) is 0 Å². The Hall–Kier alpha value is -1.13. The lowest BCUT2D eigenvalue weighted by atomic mass is 10.1. The number of ether oxygens (including phenoxy) is 1.